The Morgan fingerprint density at radius 1 is 0.383 bits per heavy atom. The summed E-state index contributed by atoms with van der Waals surface area (Å²) in [5, 5.41) is 16.7. The first-order valence-corrected chi connectivity index (χ1v) is 49.6. The molecule has 0 aliphatic heterocycles. The predicted molar refractivity (Wildman–Crippen MR) is 582 cm³/mol. The second kappa shape index (κ2) is 55.8. The van der Waals surface area contributed by atoms with Crippen molar-refractivity contribution in [3.63, 3.8) is 0 Å². The highest BCUT2D eigenvalue weighted by Crippen LogP contribution is 2.52. The number of halogens is 10. The number of hydrogen-bond acceptors (Lipinski definition) is 25. The van der Waals surface area contributed by atoms with E-state index >= 15 is 0 Å². The van der Waals surface area contributed by atoms with Gasteiger partial charge in [0.15, 0.2) is 5.78 Å². The van der Waals surface area contributed by atoms with E-state index in [2.05, 4.69) is 65.9 Å². The summed E-state index contributed by atoms with van der Waals surface area (Å²) in [6.07, 6.45) is 28.5. The van der Waals surface area contributed by atoms with Gasteiger partial charge in [0.05, 0.1) is 126 Å². The summed E-state index contributed by atoms with van der Waals surface area (Å²) in [6.45, 7) is 18.6. The van der Waals surface area contributed by atoms with E-state index in [-0.39, 0.29) is 67.9 Å². The first-order valence-electron chi connectivity index (χ1n) is 45.8. The van der Waals surface area contributed by atoms with Gasteiger partial charge < -0.3 is 70.0 Å². The molecule has 0 spiro atoms. The monoisotopic (exact) mass is 2120 g/mol. The lowest BCUT2D eigenvalue weighted by Crippen LogP contribution is -2.42. The quantitative estimate of drug-likeness (QED) is 0.0162. The van der Waals surface area contributed by atoms with Crippen molar-refractivity contribution in [3.8, 4) is 90.5 Å². The first-order chi connectivity index (χ1) is 66.7. The van der Waals surface area contributed by atoms with Crippen LogP contribution in [0.2, 0.25) is 45.5 Å². The standard InChI is InChI=1S/C28H33Cl2N3O4.C26H27Cl2N3O3.C22H24Cl2N4O2.C16H11Cl3N2O2.C7H15N.C3H3ClO.C2H6.2CH4/c1-28(2,3)37-23(34)13-16-8-6-7-9-19(16)32-27-31-15-18-12-17(10-11-20(18)33-27)24-25(29)21(35-4)14-22(36-5)26(24)30;1-4-18(32)12-15-7-5-6-8-19(15)30-26-29-14-17-11-16(9-10-20(17)31-26)23-24(27)21(33-2)13-22(34-3)25(23)28;1-29-17-10-18(30-2)21(24)19(20(17)23)12-7-8-15-13(9-12)11-26-22(27-15)28-16-6-4-3-5-14(16)25;1-22-11-6-12(23-2)15(18)13(14(11)17)8-3-4-10-9(5-8)7-20-16(19)21-10;1-6-4-2-3-5-7(6)8;1-2-3(4)5;1-2;;/h10-12,14-16,19H,6-9,13H2,1-5H3,(H,31,32,33);4,9-11,13-15,19H,1,5-8,12H2,2-3H3,(H,29,30,31);7-11,14,16H,3-6,25H2,1-2H3,(H,26,27,28);3-7H,1-2H3;6-7H,2-5,8H2,1H3;2H,1H2;1-2H3;2*1H4/t16-,19?;15-,19+;14-,16?;;6-,7-;;;;/m110.0..../s1. The van der Waals surface area contributed by atoms with Crippen LogP contribution in [0.25, 0.3) is 88.1 Å². The fourth-order valence-electron chi connectivity index (χ4n) is 16.9. The average Bonchev–Trinajstić information content (AvgIpc) is 0.787. The number of nitrogens with zero attached hydrogens (tertiary/aromatic N) is 8. The number of fused-ring (bicyclic) bond motifs is 4. The molecule has 35 heteroatoms. The number of nitrogens with two attached hydrogens (primary N) is 2. The Balaban J connectivity index is 0.000000220. The van der Waals surface area contributed by atoms with Crippen molar-refractivity contribution in [1.29, 1.82) is 0 Å². The van der Waals surface area contributed by atoms with E-state index in [4.69, 9.17) is 180 Å². The van der Waals surface area contributed by atoms with Crippen LogP contribution < -0.4 is 65.3 Å². The molecule has 4 saturated carbocycles. The van der Waals surface area contributed by atoms with Gasteiger partial charge in [0.1, 0.15) is 51.6 Å². The zero-order chi connectivity index (χ0) is 101. The maximum absolute atomic E-state index is 12.5. The largest absolute Gasteiger partial charge is 0.495 e. The lowest BCUT2D eigenvalue weighted by molar-refractivity contribution is -0.156. The molecule has 25 nitrogen and oxygen atoms in total. The van der Waals surface area contributed by atoms with Crippen LogP contribution in [0.15, 0.2) is 147 Å². The van der Waals surface area contributed by atoms with Crippen molar-refractivity contribution in [2.45, 2.75) is 208 Å². The summed E-state index contributed by atoms with van der Waals surface area (Å²) < 4.78 is 48.5. The highest BCUT2D eigenvalue weighted by atomic mass is 35.5. The summed E-state index contributed by atoms with van der Waals surface area (Å²) in [4.78, 5) is 69.7. The number of esters is 1. The Kier molecular flexibility index (Phi) is 46.0. The SMILES string of the molecule is C.C.C=CC(=O)C[C@H]1CCCC[C@@H]1Nc1ncc2cc(-c3c(Cl)c(OC)cc(OC)c3Cl)ccc2n1.C=CC(=O)Cl.CC.COc1cc(OC)c(Cl)c(-c2ccc3nc(Cl)ncc3c2)c1Cl.COc1cc(OC)c(Cl)c(-c2ccc3nc(NC4CCCC[C@@H]4CC(=O)OC(C)(C)C)ncc3c2)c1Cl.COc1cc(OC)c(Cl)c(-c2ccc3nc(NC4CCCC[C@@H]4N)ncc3c2)c1Cl.C[C@H]1CCCC[C@@H]1N. The van der Waals surface area contributed by atoms with E-state index in [0.717, 1.165) is 142 Å². The molecular weight excluding hydrogens is 2000 g/mol. The van der Waals surface area contributed by atoms with Gasteiger partial charge in [0.2, 0.25) is 28.4 Å². The number of nitrogens with one attached hydrogen (secondary N) is 3. The third-order valence-electron chi connectivity index (χ3n) is 24.2. The number of methoxy groups -OCH3 is 8. The van der Waals surface area contributed by atoms with Gasteiger partial charge in [0, 0.05) is 129 Å². The smallest absolute Gasteiger partial charge is 0.306 e. The second-order valence-corrected chi connectivity index (χ2v) is 38.1. The van der Waals surface area contributed by atoms with E-state index < -0.39 is 10.8 Å². The molecule has 0 bridgehead atoms. The van der Waals surface area contributed by atoms with Crippen molar-refractivity contribution in [2.24, 2.45) is 29.2 Å². The highest BCUT2D eigenvalue weighted by Gasteiger charge is 2.33. The molecular formula is C106H127Cl10N13O12. The van der Waals surface area contributed by atoms with Crippen LogP contribution in [0.1, 0.15) is 172 Å². The number of carbonyl (C=O) groups is 3. The molecule has 0 saturated heterocycles. The lowest BCUT2D eigenvalue weighted by atomic mass is 9.81. The lowest BCUT2D eigenvalue weighted by Gasteiger charge is -2.32. The van der Waals surface area contributed by atoms with Gasteiger partial charge in [-0.3, -0.25) is 14.4 Å². The van der Waals surface area contributed by atoms with Gasteiger partial charge in [-0.2, -0.15) is 0 Å². The zero-order valence-electron chi connectivity index (χ0n) is 80.4. The van der Waals surface area contributed by atoms with Crippen LogP contribution in [0, 0.1) is 17.8 Å². The number of ether oxygens (including phenoxy) is 9. The molecule has 4 aliphatic rings. The van der Waals surface area contributed by atoms with Crippen molar-refractivity contribution < 1.29 is 57.0 Å². The molecule has 4 fully saturated rings. The fraction of sp³-hybridized carbons (Fsp3) is 0.406. The van der Waals surface area contributed by atoms with Crippen molar-refractivity contribution in [1.82, 2.24) is 39.9 Å². The summed E-state index contributed by atoms with van der Waals surface area (Å²) >= 11 is 62.9. The predicted octanol–water partition coefficient (Wildman–Crippen LogP) is 29.4. The summed E-state index contributed by atoms with van der Waals surface area (Å²) in [6, 6.07) is 30.7. The van der Waals surface area contributed by atoms with Crippen molar-refractivity contribution in [2.75, 3.05) is 72.8 Å². The molecule has 0 amide bonds. The van der Waals surface area contributed by atoms with Crippen molar-refractivity contribution in [3.05, 3.63) is 193 Å². The maximum atomic E-state index is 12.5. The minimum atomic E-state index is -0.509. The number of hydrogen-bond donors (Lipinski definition) is 5. The Labute approximate surface area is 877 Å². The number of rotatable bonds is 24. The molecule has 8 atom stereocenters. The number of carbonyl (C=O) groups excluding carboxylic acids is 3. The van der Waals surface area contributed by atoms with Gasteiger partial charge >= 0.3 is 5.97 Å². The number of allylic oxidation sites excluding steroid dienone is 2. The molecule has 12 aromatic rings. The molecule has 4 aromatic heterocycles. The molecule has 16 rings (SSSR count). The number of ketones is 1. The minimum Gasteiger partial charge on any atom is -0.495 e. The van der Waals surface area contributed by atoms with Crippen LogP contribution in [0.5, 0.6) is 46.0 Å². The Bertz CT molecular complexity index is 6180. The third-order valence-corrected chi connectivity index (χ3v) is 27.5. The van der Waals surface area contributed by atoms with Crippen LogP contribution >= 0.6 is 116 Å². The van der Waals surface area contributed by atoms with E-state index in [0.29, 0.717) is 145 Å². The third kappa shape index (κ3) is 30.8. The maximum Gasteiger partial charge on any atom is 0.306 e. The van der Waals surface area contributed by atoms with Gasteiger partial charge in [-0.05, 0) is 196 Å². The van der Waals surface area contributed by atoms with Crippen LogP contribution in [-0.2, 0) is 19.1 Å². The van der Waals surface area contributed by atoms with Gasteiger partial charge in [-0.15, -0.1) is 0 Å². The van der Waals surface area contributed by atoms with E-state index in [9.17, 15) is 14.4 Å². The summed E-state index contributed by atoms with van der Waals surface area (Å²) in [5.74, 6) is 6.68. The zero-order valence-corrected chi connectivity index (χ0v) is 87.9. The molecule has 758 valence electrons. The second-order valence-electron chi connectivity index (χ2n) is 34.3. The topological polar surface area (TPSA) is 326 Å². The number of aromatic nitrogens is 8. The fourth-order valence-corrected chi connectivity index (χ4v) is 19.9. The molecule has 2 unspecified atom stereocenters. The van der Waals surface area contributed by atoms with Crippen LogP contribution in [-0.4, -0.2) is 150 Å². The summed E-state index contributed by atoms with van der Waals surface area (Å²) in [7, 11) is 12.4. The Morgan fingerprint density at radius 3 is 0.929 bits per heavy atom. The van der Waals surface area contributed by atoms with Crippen LogP contribution in [0.3, 0.4) is 0 Å². The Morgan fingerprint density at radius 2 is 0.652 bits per heavy atom. The number of anilines is 3. The van der Waals surface area contributed by atoms with E-state index in [1.165, 1.54) is 58.8 Å². The molecule has 0 radical (unpaired) electrons. The minimum absolute atomic E-state index is 0. The van der Waals surface area contributed by atoms with E-state index in [1.807, 2.05) is 107 Å². The molecule has 7 N–H and O–H groups in total. The molecule has 4 aliphatic carbocycles. The van der Waals surface area contributed by atoms with Crippen molar-refractivity contribution >= 4 is 194 Å². The molecule has 141 heavy (non-hydrogen) atoms. The summed E-state index contributed by atoms with van der Waals surface area (Å²) in [5.41, 5.74) is 20.4. The van der Waals surface area contributed by atoms with Crippen LogP contribution in [0.4, 0.5) is 17.8 Å². The first kappa shape index (κ1) is 116. The Hall–Kier alpha value is -9.97. The molecule has 8 aromatic carbocycles. The average molecular weight is 2130 g/mol. The van der Waals surface area contributed by atoms with E-state index in [1.54, 1.807) is 91.7 Å². The van der Waals surface area contributed by atoms with Gasteiger partial charge in [0.25, 0.3) is 0 Å². The van der Waals surface area contributed by atoms with Gasteiger partial charge in [-0.1, -0.05) is 217 Å². The highest BCUT2D eigenvalue weighted by molar-refractivity contribution is 6.66. The number of benzene rings is 8. The normalized spacial score (nSPS) is 17.3. The van der Waals surface area contributed by atoms with Gasteiger partial charge in [-0.25, -0.2) is 39.9 Å². The molecule has 4 heterocycles.